The maximum absolute atomic E-state index is 13.3. The first kappa shape index (κ1) is 13.9. The third-order valence-corrected chi connectivity index (χ3v) is 4.16. The summed E-state index contributed by atoms with van der Waals surface area (Å²) >= 11 is 1.57. The van der Waals surface area contributed by atoms with Crippen molar-refractivity contribution in [2.45, 2.75) is 19.8 Å². The lowest BCUT2D eigenvalue weighted by atomic mass is 10.1. The number of aryl methyl sites for hydroxylation is 1. The van der Waals surface area contributed by atoms with Gasteiger partial charge in [-0.2, -0.15) is 0 Å². The minimum atomic E-state index is -0.241. The predicted molar refractivity (Wildman–Crippen MR) is 84.7 cm³/mol. The quantitative estimate of drug-likeness (QED) is 0.680. The van der Waals surface area contributed by atoms with E-state index in [1.165, 1.54) is 17.7 Å². The molecule has 0 aliphatic heterocycles. The lowest BCUT2D eigenvalue weighted by Crippen LogP contribution is -1.90. The van der Waals surface area contributed by atoms with Crippen molar-refractivity contribution in [3.05, 3.63) is 59.5 Å². The molecule has 3 aromatic rings. The molecule has 0 bridgehead atoms. The van der Waals surface area contributed by atoms with Crippen LogP contribution < -0.4 is 0 Å². The molecule has 3 rings (SSSR count). The van der Waals surface area contributed by atoms with E-state index in [1.807, 2.05) is 29.9 Å². The van der Waals surface area contributed by atoms with Crippen LogP contribution in [0.3, 0.4) is 0 Å². The van der Waals surface area contributed by atoms with Crippen molar-refractivity contribution in [1.29, 1.82) is 0 Å². The Kier molecular flexibility index (Phi) is 4.06. The van der Waals surface area contributed by atoms with Gasteiger partial charge in [-0.1, -0.05) is 25.5 Å². The number of aromatic nitrogens is 2. The van der Waals surface area contributed by atoms with Crippen molar-refractivity contribution in [3.8, 4) is 21.8 Å². The molecule has 0 atom stereocenters. The number of hydrogen-bond donors (Lipinski definition) is 0. The van der Waals surface area contributed by atoms with Crippen molar-refractivity contribution in [2.75, 3.05) is 0 Å². The molecule has 0 saturated heterocycles. The van der Waals surface area contributed by atoms with Gasteiger partial charge in [0.05, 0.1) is 5.69 Å². The van der Waals surface area contributed by atoms with E-state index in [4.69, 9.17) is 0 Å². The summed E-state index contributed by atoms with van der Waals surface area (Å²) in [7, 11) is 0. The van der Waals surface area contributed by atoms with E-state index in [-0.39, 0.29) is 5.82 Å². The summed E-state index contributed by atoms with van der Waals surface area (Å²) < 4.78 is 13.3. The Morgan fingerprint density at radius 2 is 2.14 bits per heavy atom. The number of benzene rings is 1. The first-order valence-corrected chi connectivity index (χ1v) is 7.80. The maximum atomic E-state index is 13.3. The van der Waals surface area contributed by atoms with Crippen LogP contribution >= 0.6 is 11.3 Å². The van der Waals surface area contributed by atoms with Gasteiger partial charge in [-0.05, 0) is 30.2 Å². The van der Waals surface area contributed by atoms with Crippen molar-refractivity contribution in [3.63, 3.8) is 0 Å². The fraction of sp³-hybridized carbons (Fsp3) is 0.176. The minimum Gasteiger partial charge on any atom is -0.264 e. The average Bonchev–Trinajstić information content (AvgIpc) is 2.98. The number of nitrogens with zero attached hydrogens (tertiary/aromatic N) is 2. The summed E-state index contributed by atoms with van der Waals surface area (Å²) in [6.45, 7) is 2.16. The van der Waals surface area contributed by atoms with Gasteiger partial charge in [-0.25, -0.2) is 9.37 Å². The van der Waals surface area contributed by atoms with Gasteiger partial charge in [0.25, 0.3) is 0 Å². The average molecular weight is 298 g/mol. The van der Waals surface area contributed by atoms with E-state index < -0.39 is 0 Å². The molecule has 0 unspecified atom stereocenters. The highest BCUT2D eigenvalue weighted by atomic mass is 32.1. The largest absolute Gasteiger partial charge is 0.264 e. The zero-order chi connectivity index (χ0) is 14.7. The van der Waals surface area contributed by atoms with Gasteiger partial charge in [-0.15, -0.1) is 11.3 Å². The molecule has 2 nitrogen and oxygen atoms in total. The second-order valence-corrected chi connectivity index (χ2v) is 5.69. The van der Waals surface area contributed by atoms with Gasteiger partial charge in [0.15, 0.2) is 0 Å². The normalized spacial score (nSPS) is 10.8. The summed E-state index contributed by atoms with van der Waals surface area (Å²) in [6.07, 6.45) is 5.76. The third kappa shape index (κ3) is 3.00. The SMILES string of the molecule is CCCc1ccncc1-c1nc(-c2cccc(F)c2)cs1. The van der Waals surface area contributed by atoms with Crippen LogP contribution in [0.15, 0.2) is 48.1 Å². The molecular formula is C17H15FN2S. The van der Waals surface area contributed by atoms with Crippen LogP contribution in [0.2, 0.25) is 0 Å². The fourth-order valence-electron chi connectivity index (χ4n) is 2.28. The smallest absolute Gasteiger partial charge is 0.125 e. The van der Waals surface area contributed by atoms with Crippen molar-refractivity contribution in [1.82, 2.24) is 9.97 Å². The number of rotatable bonds is 4. The van der Waals surface area contributed by atoms with Crippen LogP contribution in [0.4, 0.5) is 4.39 Å². The van der Waals surface area contributed by atoms with E-state index in [0.717, 1.165) is 34.7 Å². The fourth-order valence-corrected chi connectivity index (χ4v) is 3.15. The molecule has 0 amide bonds. The number of hydrogen-bond acceptors (Lipinski definition) is 3. The third-order valence-electron chi connectivity index (χ3n) is 3.29. The Hall–Kier alpha value is -2.07. The highest BCUT2D eigenvalue weighted by Crippen LogP contribution is 2.31. The monoisotopic (exact) mass is 298 g/mol. The number of halogens is 1. The van der Waals surface area contributed by atoms with Crippen molar-refractivity contribution >= 4 is 11.3 Å². The molecule has 2 aromatic heterocycles. The first-order chi connectivity index (χ1) is 10.3. The number of pyridine rings is 1. The molecular weight excluding hydrogens is 283 g/mol. The molecule has 2 heterocycles. The zero-order valence-corrected chi connectivity index (χ0v) is 12.5. The number of thiazole rings is 1. The Bertz CT molecular complexity index is 752. The lowest BCUT2D eigenvalue weighted by Gasteiger charge is -2.04. The molecule has 1 aromatic carbocycles. The standard InChI is InChI=1S/C17H15FN2S/c1-2-4-12-7-8-19-10-15(12)17-20-16(11-21-17)13-5-3-6-14(18)9-13/h3,5-11H,2,4H2,1H3. The molecule has 0 radical (unpaired) electrons. The van der Waals surface area contributed by atoms with Gasteiger partial charge in [-0.3, -0.25) is 4.98 Å². The Morgan fingerprint density at radius 1 is 1.24 bits per heavy atom. The van der Waals surface area contributed by atoms with Gasteiger partial charge < -0.3 is 0 Å². The van der Waals surface area contributed by atoms with Crippen molar-refractivity contribution in [2.24, 2.45) is 0 Å². The highest BCUT2D eigenvalue weighted by molar-refractivity contribution is 7.13. The van der Waals surface area contributed by atoms with Crippen LogP contribution in [0.5, 0.6) is 0 Å². The van der Waals surface area contributed by atoms with E-state index >= 15 is 0 Å². The van der Waals surface area contributed by atoms with Gasteiger partial charge in [0, 0.05) is 28.9 Å². The minimum absolute atomic E-state index is 0.241. The molecule has 0 fully saturated rings. The van der Waals surface area contributed by atoms with E-state index in [2.05, 4.69) is 16.9 Å². The molecule has 0 N–H and O–H groups in total. The van der Waals surface area contributed by atoms with Gasteiger partial charge in [0.1, 0.15) is 10.8 Å². The zero-order valence-electron chi connectivity index (χ0n) is 11.7. The summed E-state index contributed by atoms with van der Waals surface area (Å²) in [5.74, 6) is -0.241. The molecule has 21 heavy (non-hydrogen) atoms. The van der Waals surface area contributed by atoms with Crippen LogP contribution in [0.25, 0.3) is 21.8 Å². The topological polar surface area (TPSA) is 25.8 Å². The van der Waals surface area contributed by atoms with Crippen LogP contribution in [0.1, 0.15) is 18.9 Å². The van der Waals surface area contributed by atoms with Gasteiger partial charge >= 0.3 is 0 Å². The Morgan fingerprint density at radius 3 is 2.95 bits per heavy atom. The molecule has 106 valence electrons. The van der Waals surface area contributed by atoms with E-state index in [9.17, 15) is 4.39 Å². The second kappa shape index (κ2) is 6.14. The molecule has 0 aliphatic rings. The van der Waals surface area contributed by atoms with Gasteiger partial charge in [0.2, 0.25) is 0 Å². The maximum Gasteiger partial charge on any atom is 0.125 e. The van der Waals surface area contributed by atoms with Crippen LogP contribution in [0, 0.1) is 5.82 Å². The molecule has 0 saturated carbocycles. The molecule has 0 aliphatic carbocycles. The summed E-state index contributed by atoms with van der Waals surface area (Å²) in [6, 6.07) is 8.57. The lowest BCUT2D eigenvalue weighted by molar-refractivity contribution is 0.628. The first-order valence-electron chi connectivity index (χ1n) is 6.92. The molecule has 4 heteroatoms. The van der Waals surface area contributed by atoms with Crippen molar-refractivity contribution < 1.29 is 4.39 Å². The van der Waals surface area contributed by atoms with E-state index in [0.29, 0.717) is 0 Å². The van der Waals surface area contributed by atoms with Crippen LogP contribution in [-0.4, -0.2) is 9.97 Å². The molecule has 0 spiro atoms. The Labute approximate surface area is 127 Å². The highest BCUT2D eigenvalue weighted by Gasteiger charge is 2.10. The van der Waals surface area contributed by atoms with E-state index in [1.54, 1.807) is 17.4 Å². The Balaban J connectivity index is 1.99. The summed E-state index contributed by atoms with van der Waals surface area (Å²) in [5.41, 5.74) is 3.94. The van der Waals surface area contributed by atoms with Crippen LogP contribution in [-0.2, 0) is 6.42 Å². The second-order valence-electron chi connectivity index (χ2n) is 4.83. The summed E-state index contributed by atoms with van der Waals surface area (Å²) in [4.78, 5) is 8.85. The summed E-state index contributed by atoms with van der Waals surface area (Å²) in [5, 5.41) is 2.90. The predicted octanol–water partition coefficient (Wildman–Crippen LogP) is 4.96.